The molecule has 4 nitrogen and oxygen atoms in total. The molecule has 0 saturated carbocycles. The van der Waals surface area contributed by atoms with Crippen LogP contribution in [0.3, 0.4) is 0 Å². The smallest absolute Gasteiger partial charge is 0.267 e. The Hall–Kier alpha value is -2.28. The van der Waals surface area contributed by atoms with Gasteiger partial charge in [0.15, 0.2) is 0 Å². The van der Waals surface area contributed by atoms with Crippen LogP contribution in [0, 0.1) is 25.2 Å². The van der Waals surface area contributed by atoms with Crippen LogP contribution in [-0.2, 0) is 4.79 Å². The van der Waals surface area contributed by atoms with E-state index < -0.39 is 0 Å². The fourth-order valence-electron chi connectivity index (χ4n) is 3.08. The Balaban J connectivity index is 2.14. The van der Waals surface area contributed by atoms with E-state index in [9.17, 15) is 10.1 Å². The van der Waals surface area contributed by atoms with Gasteiger partial charge in [0, 0.05) is 24.5 Å². The van der Waals surface area contributed by atoms with E-state index in [0.717, 1.165) is 42.6 Å². The number of nitriles is 1. The van der Waals surface area contributed by atoms with Crippen molar-refractivity contribution in [2.45, 2.75) is 52.5 Å². The maximum atomic E-state index is 12.4. The average molecular weight is 311 g/mol. The third-order valence-corrected chi connectivity index (χ3v) is 4.43. The van der Waals surface area contributed by atoms with Gasteiger partial charge in [-0.05, 0) is 51.2 Å². The van der Waals surface area contributed by atoms with Gasteiger partial charge in [0.1, 0.15) is 11.6 Å². The molecule has 1 aliphatic rings. The van der Waals surface area contributed by atoms with E-state index in [2.05, 4.69) is 23.2 Å². The largest absolute Gasteiger partial charge is 0.373 e. The second kappa shape index (κ2) is 7.82. The summed E-state index contributed by atoms with van der Waals surface area (Å²) in [7, 11) is 0. The number of likely N-dealkylation sites (tertiary alicyclic amines) is 1. The Kier molecular flexibility index (Phi) is 5.81. The summed E-state index contributed by atoms with van der Waals surface area (Å²) in [6.07, 6.45) is 6.24. The lowest BCUT2D eigenvalue weighted by Gasteiger charge is -2.34. The van der Waals surface area contributed by atoms with E-state index in [-0.39, 0.29) is 11.5 Å². The molecule has 1 aliphatic heterocycles. The highest BCUT2D eigenvalue weighted by Crippen LogP contribution is 2.21. The van der Waals surface area contributed by atoms with Crippen LogP contribution in [0.2, 0.25) is 0 Å². The van der Waals surface area contributed by atoms with Crippen LogP contribution < -0.4 is 5.32 Å². The number of amides is 1. The van der Waals surface area contributed by atoms with E-state index in [1.54, 1.807) is 6.20 Å². The van der Waals surface area contributed by atoms with E-state index in [1.165, 1.54) is 6.42 Å². The van der Waals surface area contributed by atoms with Gasteiger partial charge >= 0.3 is 0 Å². The molecule has 0 aromatic heterocycles. The lowest BCUT2D eigenvalue weighted by Crippen LogP contribution is -2.35. The number of piperidine rings is 1. The molecular formula is C19H25N3O. The number of rotatable bonds is 4. The lowest BCUT2D eigenvalue weighted by atomic mass is 10.0. The predicted molar refractivity (Wildman–Crippen MR) is 92.9 cm³/mol. The number of hydrogen-bond acceptors (Lipinski definition) is 3. The number of anilines is 1. The van der Waals surface area contributed by atoms with Crippen LogP contribution in [0.15, 0.2) is 30.0 Å². The molecule has 1 aromatic carbocycles. The highest BCUT2D eigenvalue weighted by Gasteiger charge is 2.20. The minimum Gasteiger partial charge on any atom is -0.373 e. The Labute approximate surface area is 138 Å². The van der Waals surface area contributed by atoms with Crippen LogP contribution >= 0.6 is 0 Å². The van der Waals surface area contributed by atoms with E-state index in [1.807, 2.05) is 32.0 Å². The first-order chi connectivity index (χ1) is 11.0. The molecule has 1 amide bonds. The van der Waals surface area contributed by atoms with Gasteiger partial charge in [-0.15, -0.1) is 0 Å². The summed E-state index contributed by atoms with van der Waals surface area (Å²) >= 11 is 0. The Morgan fingerprint density at radius 3 is 2.87 bits per heavy atom. The zero-order chi connectivity index (χ0) is 16.8. The number of carbonyl (C=O) groups is 1. The standard InChI is InChI=1S/C19H25N3O/c1-4-17-7-5-6-10-22(17)13-16(12-20)19(23)21-18-9-8-14(2)11-15(18)3/h8-9,11,13,17H,4-7,10H2,1-3H3,(H,21,23)/b16-13-. The molecule has 1 unspecified atom stereocenters. The second-order valence-electron chi connectivity index (χ2n) is 6.22. The summed E-state index contributed by atoms with van der Waals surface area (Å²) in [4.78, 5) is 14.6. The molecule has 1 atom stereocenters. The maximum Gasteiger partial charge on any atom is 0.267 e. The first kappa shape index (κ1) is 17.1. The van der Waals surface area contributed by atoms with Crippen LogP contribution in [0.1, 0.15) is 43.7 Å². The molecule has 0 bridgehead atoms. The third-order valence-electron chi connectivity index (χ3n) is 4.43. The average Bonchev–Trinajstić information content (AvgIpc) is 2.55. The van der Waals surface area contributed by atoms with Crippen molar-refractivity contribution < 1.29 is 4.79 Å². The Morgan fingerprint density at radius 2 is 2.22 bits per heavy atom. The minimum absolute atomic E-state index is 0.172. The maximum absolute atomic E-state index is 12.4. The molecular weight excluding hydrogens is 286 g/mol. The molecule has 1 N–H and O–H groups in total. The zero-order valence-corrected chi connectivity index (χ0v) is 14.2. The van der Waals surface area contributed by atoms with Crippen molar-refractivity contribution in [3.63, 3.8) is 0 Å². The third kappa shape index (κ3) is 4.35. The molecule has 0 aliphatic carbocycles. The van der Waals surface area contributed by atoms with E-state index in [4.69, 9.17) is 0 Å². The van der Waals surface area contributed by atoms with E-state index in [0.29, 0.717) is 6.04 Å². The van der Waals surface area contributed by atoms with Gasteiger partial charge in [0.05, 0.1) is 0 Å². The number of aryl methyl sites for hydroxylation is 2. The summed E-state index contributed by atoms with van der Waals surface area (Å²) in [5.41, 5.74) is 3.08. The first-order valence-electron chi connectivity index (χ1n) is 8.31. The second-order valence-corrected chi connectivity index (χ2v) is 6.22. The fourth-order valence-corrected chi connectivity index (χ4v) is 3.08. The summed E-state index contributed by atoms with van der Waals surface area (Å²) in [5.74, 6) is -0.333. The van der Waals surface area contributed by atoms with Crippen molar-refractivity contribution >= 4 is 11.6 Å². The Morgan fingerprint density at radius 1 is 1.43 bits per heavy atom. The monoisotopic (exact) mass is 311 g/mol. The molecule has 0 spiro atoms. The predicted octanol–water partition coefficient (Wildman–Crippen LogP) is 3.91. The van der Waals surface area contributed by atoms with Crippen molar-refractivity contribution in [1.82, 2.24) is 4.90 Å². The molecule has 1 aromatic rings. The van der Waals surface area contributed by atoms with Gasteiger partial charge in [0.25, 0.3) is 5.91 Å². The van der Waals surface area contributed by atoms with Crippen LogP contribution in [0.5, 0.6) is 0 Å². The molecule has 4 heteroatoms. The van der Waals surface area contributed by atoms with Gasteiger partial charge in [-0.25, -0.2) is 0 Å². The zero-order valence-electron chi connectivity index (χ0n) is 14.2. The molecule has 0 radical (unpaired) electrons. The fraction of sp³-hybridized carbons (Fsp3) is 0.474. The summed E-state index contributed by atoms with van der Waals surface area (Å²) < 4.78 is 0. The highest BCUT2D eigenvalue weighted by atomic mass is 16.1. The normalized spacial score (nSPS) is 18.4. The molecule has 1 saturated heterocycles. The number of carbonyl (C=O) groups excluding carboxylic acids is 1. The van der Waals surface area contributed by atoms with Crippen molar-refractivity contribution in [3.05, 3.63) is 41.1 Å². The minimum atomic E-state index is -0.333. The van der Waals surface area contributed by atoms with Crippen molar-refractivity contribution in [2.75, 3.05) is 11.9 Å². The van der Waals surface area contributed by atoms with Gasteiger partial charge in [-0.2, -0.15) is 5.26 Å². The lowest BCUT2D eigenvalue weighted by molar-refractivity contribution is -0.112. The van der Waals surface area contributed by atoms with Gasteiger partial charge in [-0.3, -0.25) is 4.79 Å². The quantitative estimate of drug-likeness (QED) is 0.677. The highest BCUT2D eigenvalue weighted by molar-refractivity contribution is 6.06. The topological polar surface area (TPSA) is 56.1 Å². The molecule has 1 heterocycles. The molecule has 122 valence electrons. The number of benzene rings is 1. The first-order valence-corrected chi connectivity index (χ1v) is 8.31. The molecule has 2 rings (SSSR count). The summed E-state index contributed by atoms with van der Waals surface area (Å²) in [6, 6.07) is 8.34. The van der Waals surface area contributed by atoms with Crippen LogP contribution in [0.25, 0.3) is 0 Å². The summed E-state index contributed by atoms with van der Waals surface area (Å²) in [6.45, 7) is 7.04. The number of nitrogens with zero attached hydrogens (tertiary/aromatic N) is 2. The SMILES string of the molecule is CCC1CCCCN1/C=C(/C#N)C(=O)Nc1ccc(C)cc1C. The number of hydrogen-bond donors (Lipinski definition) is 1. The summed E-state index contributed by atoms with van der Waals surface area (Å²) in [5, 5.41) is 12.2. The molecule has 23 heavy (non-hydrogen) atoms. The van der Waals surface area contributed by atoms with Crippen molar-refractivity contribution in [3.8, 4) is 6.07 Å². The van der Waals surface area contributed by atoms with Gasteiger partial charge in [-0.1, -0.05) is 24.6 Å². The van der Waals surface area contributed by atoms with Crippen LogP contribution in [-0.4, -0.2) is 23.4 Å². The van der Waals surface area contributed by atoms with Crippen LogP contribution in [0.4, 0.5) is 5.69 Å². The van der Waals surface area contributed by atoms with Gasteiger partial charge in [0.2, 0.25) is 0 Å². The van der Waals surface area contributed by atoms with Crippen molar-refractivity contribution in [2.24, 2.45) is 0 Å². The molecule has 1 fully saturated rings. The van der Waals surface area contributed by atoms with Crippen molar-refractivity contribution in [1.29, 1.82) is 5.26 Å². The van der Waals surface area contributed by atoms with E-state index >= 15 is 0 Å². The van der Waals surface area contributed by atoms with Gasteiger partial charge < -0.3 is 10.2 Å². The Bertz CT molecular complexity index is 643. The number of nitrogens with one attached hydrogen (secondary N) is 1.